The number of likely N-dealkylation sites (N-methyl/N-ethyl adjacent to an activating group) is 1. The lowest BCUT2D eigenvalue weighted by atomic mass is 10.1. The Bertz CT molecular complexity index is 904. The molecule has 7 heteroatoms. The van der Waals surface area contributed by atoms with Crippen molar-refractivity contribution in [2.75, 3.05) is 51.2 Å². The third-order valence-corrected chi connectivity index (χ3v) is 7.00. The molecule has 0 radical (unpaired) electrons. The predicted molar refractivity (Wildman–Crippen MR) is 122 cm³/mol. The highest BCUT2D eigenvalue weighted by Gasteiger charge is 2.21. The molecule has 30 heavy (non-hydrogen) atoms. The van der Waals surface area contributed by atoms with Crippen molar-refractivity contribution in [3.05, 3.63) is 46.6 Å². The largest absolute Gasteiger partial charge is 0.354 e. The molecule has 1 aromatic heterocycles. The maximum atomic E-state index is 12.7. The van der Waals surface area contributed by atoms with E-state index in [1.807, 2.05) is 23.1 Å². The van der Waals surface area contributed by atoms with Crippen molar-refractivity contribution >= 4 is 23.5 Å². The fraction of sp³-hybridized carbons (Fsp3) is 0.522. The number of hydrogen-bond donors (Lipinski definition) is 0. The molecular formula is C23H31N5OS. The van der Waals surface area contributed by atoms with Gasteiger partial charge < -0.3 is 14.7 Å². The number of hydrogen-bond acceptors (Lipinski definition) is 6. The fourth-order valence-corrected chi connectivity index (χ4v) is 4.85. The SMILES string of the molecule is Cc1nc(SCc2cccc(C(=O)N3CCCC3)c2)nc(N2CCN(C)CC2)c1C. The van der Waals surface area contributed by atoms with E-state index in [0.717, 1.165) is 85.7 Å². The highest BCUT2D eigenvalue weighted by Crippen LogP contribution is 2.27. The second kappa shape index (κ2) is 9.35. The van der Waals surface area contributed by atoms with Crippen molar-refractivity contribution in [1.82, 2.24) is 19.8 Å². The molecule has 4 rings (SSSR count). The van der Waals surface area contributed by atoms with E-state index in [9.17, 15) is 4.79 Å². The number of carbonyl (C=O) groups excluding carboxylic acids is 1. The zero-order valence-electron chi connectivity index (χ0n) is 18.2. The predicted octanol–water partition coefficient (Wildman–Crippen LogP) is 3.37. The van der Waals surface area contributed by atoms with Gasteiger partial charge in [-0.05, 0) is 51.4 Å². The van der Waals surface area contributed by atoms with E-state index in [0.29, 0.717) is 0 Å². The molecule has 0 spiro atoms. The van der Waals surface area contributed by atoms with Gasteiger partial charge in [-0.15, -0.1) is 0 Å². The number of aromatic nitrogens is 2. The second-order valence-electron chi connectivity index (χ2n) is 8.32. The van der Waals surface area contributed by atoms with Crippen molar-refractivity contribution in [1.29, 1.82) is 0 Å². The van der Waals surface area contributed by atoms with Gasteiger partial charge in [-0.1, -0.05) is 23.9 Å². The zero-order valence-corrected chi connectivity index (χ0v) is 19.0. The van der Waals surface area contributed by atoms with E-state index in [1.165, 1.54) is 5.56 Å². The minimum Gasteiger partial charge on any atom is -0.354 e. The Morgan fingerprint density at radius 1 is 1.03 bits per heavy atom. The number of thioether (sulfide) groups is 1. The monoisotopic (exact) mass is 425 g/mol. The Labute approximate surface area is 183 Å². The average molecular weight is 426 g/mol. The molecule has 2 aliphatic heterocycles. The van der Waals surface area contributed by atoms with E-state index < -0.39 is 0 Å². The number of benzene rings is 1. The van der Waals surface area contributed by atoms with Gasteiger partial charge in [0.15, 0.2) is 5.16 Å². The van der Waals surface area contributed by atoms with Crippen LogP contribution in [0.1, 0.15) is 40.0 Å². The number of carbonyl (C=O) groups is 1. The van der Waals surface area contributed by atoms with E-state index in [2.05, 4.69) is 36.8 Å². The Hall–Kier alpha value is -2.12. The standard InChI is InChI=1S/C23H31N5OS/c1-17-18(2)24-23(25-21(17)27-13-11-26(3)12-14-27)30-16-19-7-6-8-20(15-19)22(29)28-9-4-5-10-28/h6-8,15H,4-5,9-14,16H2,1-3H3. The molecule has 0 atom stereocenters. The van der Waals surface area contributed by atoms with Gasteiger partial charge in [-0.3, -0.25) is 4.79 Å². The van der Waals surface area contributed by atoms with Crippen LogP contribution in [0.3, 0.4) is 0 Å². The van der Waals surface area contributed by atoms with Gasteiger partial charge in [-0.2, -0.15) is 0 Å². The lowest BCUT2D eigenvalue weighted by Crippen LogP contribution is -2.45. The Morgan fingerprint density at radius 2 is 1.77 bits per heavy atom. The molecule has 160 valence electrons. The minimum absolute atomic E-state index is 0.152. The maximum absolute atomic E-state index is 12.7. The summed E-state index contributed by atoms with van der Waals surface area (Å²) in [5.74, 6) is 1.97. The number of aryl methyl sites for hydroxylation is 1. The fourth-order valence-electron chi connectivity index (χ4n) is 4.02. The quantitative estimate of drug-likeness (QED) is 0.541. The average Bonchev–Trinajstić information content (AvgIpc) is 3.30. The van der Waals surface area contributed by atoms with Crippen LogP contribution in [0, 0.1) is 13.8 Å². The highest BCUT2D eigenvalue weighted by molar-refractivity contribution is 7.98. The summed E-state index contributed by atoms with van der Waals surface area (Å²) in [5, 5.41) is 0.809. The van der Waals surface area contributed by atoms with Gasteiger partial charge in [0.1, 0.15) is 5.82 Å². The van der Waals surface area contributed by atoms with Gasteiger partial charge in [0.25, 0.3) is 5.91 Å². The molecule has 0 bridgehead atoms. The molecule has 0 N–H and O–H groups in total. The summed E-state index contributed by atoms with van der Waals surface area (Å²) < 4.78 is 0. The highest BCUT2D eigenvalue weighted by atomic mass is 32.2. The molecular weight excluding hydrogens is 394 g/mol. The Kier molecular flexibility index (Phi) is 6.58. The molecule has 1 aromatic carbocycles. The van der Waals surface area contributed by atoms with Gasteiger partial charge in [0.05, 0.1) is 0 Å². The number of anilines is 1. The molecule has 2 aromatic rings. The lowest BCUT2D eigenvalue weighted by molar-refractivity contribution is 0.0792. The molecule has 0 saturated carbocycles. The smallest absolute Gasteiger partial charge is 0.253 e. The van der Waals surface area contributed by atoms with Crippen LogP contribution in [0.5, 0.6) is 0 Å². The van der Waals surface area contributed by atoms with Crippen LogP contribution in [-0.4, -0.2) is 72.0 Å². The number of amides is 1. The van der Waals surface area contributed by atoms with Crippen LogP contribution in [-0.2, 0) is 5.75 Å². The van der Waals surface area contributed by atoms with Crippen LogP contribution in [0.2, 0.25) is 0 Å². The lowest BCUT2D eigenvalue weighted by Gasteiger charge is -2.34. The zero-order chi connectivity index (χ0) is 21.1. The normalized spacial score (nSPS) is 17.6. The second-order valence-corrected chi connectivity index (χ2v) is 9.26. The van der Waals surface area contributed by atoms with Crippen molar-refractivity contribution in [2.24, 2.45) is 0 Å². The van der Waals surface area contributed by atoms with Gasteiger partial charge in [0, 0.05) is 61.8 Å². The summed E-state index contributed by atoms with van der Waals surface area (Å²) >= 11 is 1.64. The van der Waals surface area contributed by atoms with Crippen molar-refractivity contribution in [3.63, 3.8) is 0 Å². The third-order valence-electron chi connectivity index (χ3n) is 6.08. The topological polar surface area (TPSA) is 52.6 Å². The summed E-state index contributed by atoms with van der Waals surface area (Å²) in [6, 6.07) is 8.01. The number of piperazine rings is 1. The van der Waals surface area contributed by atoms with E-state index >= 15 is 0 Å². The summed E-state index contributed by atoms with van der Waals surface area (Å²) in [4.78, 5) is 29.0. The Morgan fingerprint density at radius 3 is 2.50 bits per heavy atom. The van der Waals surface area contributed by atoms with Gasteiger partial charge in [0.2, 0.25) is 0 Å². The van der Waals surface area contributed by atoms with Gasteiger partial charge in [-0.25, -0.2) is 9.97 Å². The van der Waals surface area contributed by atoms with E-state index in [-0.39, 0.29) is 5.91 Å². The number of likely N-dealkylation sites (tertiary alicyclic amines) is 1. The summed E-state index contributed by atoms with van der Waals surface area (Å²) in [6.45, 7) is 10.1. The molecule has 3 heterocycles. The number of nitrogens with zero attached hydrogens (tertiary/aromatic N) is 5. The summed E-state index contributed by atoms with van der Waals surface area (Å²) in [7, 11) is 2.17. The first-order valence-corrected chi connectivity index (χ1v) is 11.8. The van der Waals surface area contributed by atoms with Crippen LogP contribution in [0.15, 0.2) is 29.4 Å². The first-order valence-electron chi connectivity index (χ1n) is 10.8. The molecule has 2 aliphatic rings. The summed E-state index contributed by atoms with van der Waals surface area (Å²) in [5.41, 5.74) is 4.13. The molecule has 1 amide bonds. The first-order chi connectivity index (χ1) is 14.5. The maximum Gasteiger partial charge on any atom is 0.253 e. The molecule has 0 unspecified atom stereocenters. The molecule has 2 fully saturated rings. The van der Waals surface area contributed by atoms with Gasteiger partial charge >= 0.3 is 0 Å². The molecule has 6 nitrogen and oxygen atoms in total. The Balaban J connectivity index is 1.46. The minimum atomic E-state index is 0.152. The first kappa shape index (κ1) is 21.1. The number of rotatable bonds is 5. The van der Waals surface area contributed by atoms with E-state index in [1.54, 1.807) is 11.8 Å². The van der Waals surface area contributed by atoms with E-state index in [4.69, 9.17) is 9.97 Å². The third kappa shape index (κ3) is 4.78. The summed E-state index contributed by atoms with van der Waals surface area (Å²) in [6.07, 6.45) is 2.22. The van der Waals surface area contributed by atoms with Crippen LogP contribution < -0.4 is 4.90 Å². The van der Waals surface area contributed by atoms with Crippen LogP contribution in [0.4, 0.5) is 5.82 Å². The van der Waals surface area contributed by atoms with Crippen LogP contribution >= 0.6 is 11.8 Å². The van der Waals surface area contributed by atoms with Crippen molar-refractivity contribution in [2.45, 2.75) is 37.6 Å². The van der Waals surface area contributed by atoms with Crippen molar-refractivity contribution < 1.29 is 4.79 Å². The van der Waals surface area contributed by atoms with Crippen molar-refractivity contribution in [3.8, 4) is 0 Å². The van der Waals surface area contributed by atoms with Crippen LogP contribution in [0.25, 0.3) is 0 Å². The molecule has 2 saturated heterocycles. The molecule has 0 aliphatic carbocycles.